The maximum Gasteiger partial charge on any atom is 0.328 e. The molecular weight excluding hydrogens is 457 g/mol. The molecule has 0 bridgehead atoms. The highest BCUT2D eigenvalue weighted by Gasteiger charge is 2.29. The Kier molecular flexibility index (Phi) is 6.38. The molecule has 2 N–H and O–H groups in total. The van der Waals surface area contributed by atoms with E-state index in [1.807, 2.05) is 61.7 Å². The van der Waals surface area contributed by atoms with Crippen LogP contribution in [0.2, 0.25) is 0 Å². The summed E-state index contributed by atoms with van der Waals surface area (Å²) in [6, 6.07) is 15.3. The number of nitrogens with one attached hydrogen (secondary N) is 1. The van der Waals surface area contributed by atoms with Gasteiger partial charge in [0.05, 0.1) is 18.0 Å². The summed E-state index contributed by atoms with van der Waals surface area (Å²) < 4.78 is 20.3. The number of allylic oxidation sites excluding steroid dienone is 1. The molecule has 7 heteroatoms. The number of carboxylic acid groups (broad SMARTS) is 1. The lowest BCUT2D eigenvalue weighted by molar-refractivity contribution is -0.131. The van der Waals surface area contributed by atoms with Gasteiger partial charge in [0, 0.05) is 29.6 Å². The number of aromatic amines is 1. The minimum absolute atomic E-state index is 0.301. The SMILES string of the molecule is COc1cc(C)ncc1C(=C(c1ccc(C=CC(=O)O)cc1)c1ccc2n[nH]c(F)c2c1)C1CCC1. The zero-order chi connectivity index (χ0) is 25.2. The molecule has 2 aromatic carbocycles. The molecule has 1 fully saturated rings. The molecule has 36 heavy (non-hydrogen) atoms. The Labute approximate surface area is 208 Å². The highest BCUT2D eigenvalue weighted by molar-refractivity contribution is 6.02. The van der Waals surface area contributed by atoms with Gasteiger partial charge in [-0.05, 0) is 71.7 Å². The zero-order valence-corrected chi connectivity index (χ0v) is 20.1. The van der Waals surface area contributed by atoms with Crippen molar-refractivity contribution >= 4 is 34.1 Å². The lowest BCUT2D eigenvalue weighted by Crippen LogP contribution is -2.16. The number of methoxy groups -OCH3 is 1. The summed E-state index contributed by atoms with van der Waals surface area (Å²) in [4.78, 5) is 15.5. The van der Waals surface area contributed by atoms with Crippen LogP contribution in [0.4, 0.5) is 4.39 Å². The molecule has 5 rings (SSSR count). The normalized spacial score (nSPS) is 14.6. The topological polar surface area (TPSA) is 88.1 Å². The molecule has 0 atom stereocenters. The van der Waals surface area contributed by atoms with Gasteiger partial charge in [0.2, 0.25) is 5.95 Å². The lowest BCUT2D eigenvalue weighted by Gasteiger charge is -2.32. The Hall–Kier alpha value is -4.26. The number of benzene rings is 2. The quantitative estimate of drug-likeness (QED) is 0.303. The van der Waals surface area contributed by atoms with E-state index >= 15 is 0 Å². The summed E-state index contributed by atoms with van der Waals surface area (Å²) in [6.45, 7) is 1.93. The molecule has 0 amide bonds. The minimum Gasteiger partial charge on any atom is -0.496 e. The first-order chi connectivity index (χ1) is 17.4. The predicted molar refractivity (Wildman–Crippen MR) is 138 cm³/mol. The molecule has 0 unspecified atom stereocenters. The molecule has 0 spiro atoms. The van der Waals surface area contributed by atoms with E-state index in [9.17, 15) is 9.18 Å². The van der Waals surface area contributed by atoms with Crippen molar-refractivity contribution in [1.82, 2.24) is 15.2 Å². The number of ether oxygens (including phenoxy) is 1. The Morgan fingerprint density at radius 2 is 1.89 bits per heavy atom. The number of fused-ring (bicyclic) bond motifs is 1. The molecule has 182 valence electrons. The fourth-order valence-electron chi connectivity index (χ4n) is 4.70. The van der Waals surface area contributed by atoms with Crippen molar-refractivity contribution in [2.75, 3.05) is 7.11 Å². The molecule has 0 aliphatic heterocycles. The molecule has 4 aromatic rings. The minimum atomic E-state index is -0.999. The molecule has 1 aliphatic carbocycles. The van der Waals surface area contributed by atoms with Crippen LogP contribution < -0.4 is 4.74 Å². The van der Waals surface area contributed by atoms with Crippen LogP contribution in [-0.4, -0.2) is 33.4 Å². The van der Waals surface area contributed by atoms with E-state index < -0.39 is 11.9 Å². The average Bonchev–Trinajstić information content (AvgIpc) is 3.22. The second kappa shape index (κ2) is 9.77. The van der Waals surface area contributed by atoms with Gasteiger partial charge in [0.25, 0.3) is 0 Å². The van der Waals surface area contributed by atoms with Gasteiger partial charge in [0.15, 0.2) is 0 Å². The van der Waals surface area contributed by atoms with Crippen molar-refractivity contribution in [3.8, 4) is 5.75 Å². The van der Waals surface area contributed by atoms with Crippen LogP contribution in [0.25, 0.3) is 28.1 Å². The number of hydrogen-bond donors (Lipinski definition) is 2. The largest absolute Gasteiger partial charge is 0.496 e. The third kappa shape index (κ3) is 4.52. The van der Waals surface area contributed by atoms with Crippen LogP contribution in [0.1, 0.15) is 47.2 Å². The number of carbonyl (C=O) groups is 1. The summed E-state index contributed by atoms with van der Waals surface area (Å²) in [7, 11) is 1.66. The fraction of sp³-hybridized carbons (Fsp3) is 0.207. The van der Waals surface area contributed by atoms with Crippen molar-refractivity contribution in [2.45, 2.75) is 26.2 Å². The van der Waals surface area contributed by atoms with Crippen molar-refractivity contribution in [2.24, 2.45) is 5.92 Å². The van der Waals surface area contributed by atoms with Crippen molar-refractivity contribution in [3.63, 3.8) is 0 Å². The molecule has 1 aliphatic rings. The molecular formula is C29H26FN3O3. The Balaban J connectivity index is 1.78. The Bertz CT molecular complexity index is 1500. The number of aromatic nitrogens is 3. The number of rotatable bonds is 7. The molecule has 2 aromatic heterocycles. The second-order valence-corrected chi connectivity index (χ2v) is 9.01. The van der Waals surface area contributed by atoms with Crippen LogP contribution >= 0.6 is 0 Å². The number of nitrogens with zero attached hydrogens (tertiary/aromatic N) is 2. The number of aliphatic carboxylic acids is 1. The van der Waals surface area contributed by atoms with Gasteiger partial charge in [-0.25, -0.2) is 4.79 Å². The first kappa shape index (κ1) is 23.5. The van der Waals surface area contributed by atoms with Crippen LogP contribution in [-0.2, 0) is 4.79 Å². The summed E-state index contributed by atoms with van der Waals surface area (Å²) in [5.41, 5.74) is 7.01. The van der Waals surface area contributed by atoms with Crippen molar-refractivity contribution in [3.05, 3.63) is 94.7 Å². The molecule has 0 radical (unpaired) electrons. The van der Waals surface area contributed by atoms with E-state index in [0.717, 1.165) is 70.2 Å². The summed E-state index contributed by atoms with van der Waals surface area (Å²) >= 11 is 0. The van der Waals surface area contributed by atoms with E-state index in [1.165, 1.54) is 0 Å². The number of hydrogen-bond acceptors (Lipinski definition) is 4. The van der Waals surface area contributed by atoms with E-state index in [1.54, 1.807) is 13.2 Å². The average molecular weight is 484 g/mol. The number of pyridine rings is 1. The second-order valence-electron chi connectivity index (χ2n) is 9.01. The third-order valence-electron chi connectivity index (χ3n) is 6.71. The van der Waals surface area contributed by atoms with E-state index in [0.29, 0.717) is 16.8 Å². The van der Waals surface area contributed by atoms with Gasteiger partial charge < -0.3 is 9.84 Å². The van der Waals surface area contributed by atoms with Gasteiger partial charge in [-0.15, -0.1) is 0 Å². The van der Waals surface area contributed by atoms with Crippen molar-refractivity contribution in [1.29, 1.82) is 0 Å². The van der Waals surface area contributed by atoms with E-state index in [-0.39, 0.29) is 0 Å². The van der Waals surface area contributed by atoms with Crippen LogP contribution in [0.5, 0.6) is 5.75 Å². The fourth-order valence-corrected chi connectivity index (χ4v) is 4.70. The third-order valence-corrected chi connectivity index (χ3v) is 6.71. The number of halogens is 1. The highest BCUT2D eigenvalue weighted by Crippen LogP contribution is 2.47. The number of aryl methyl sites for hydroxylation is 1. The molecule has 1 saturated carbocycles. The maximum atomic E-state index is 14.5. The van der Waals surface area contributed by atoms with Gasteiger partial charge in [-0.1, -0.05) is 36.8 Å². The first-order valence-electron chi connectivity index (χ1n) is 11.8. The zero-order valence-electron chi connectivity index (χ0n) is 20.1. The summed E-state index contributed by atoms with van der Waals surface area (Å²) in [5, 5.41) is 15.9. The Morgan fingerprint density at radius 3 is 2.56 bits per heavy atom. The molecule has 0 saturated heterocycles. The van der Waals surface area contributed by atoms with Crippen LogP contribution in [0.3, 0.4) is 0 Å². The highest BCUT2D eigenvalue weighted by atomic mass is 19.1. The monoisotopic (exact) mass is 483 g/mol. The Morgan fingerprint density at radius 1 is 1.14 bits per heavy atom. The number of H-pyrrole nitrogens is 1. The van der Waals surface area contributed by atoms with Gasteiger partial charge >= 0.3 is 5.97 Å². The van der Waals surface area contributed by atoms with E-state index in [2.05, 4.69) is 15.2 Å². The standard InChI is InChI=1S/C29H26FN3O3/c1-17-14-25(36-2)23(16-31-17)28(19-4-3-5-19)27(20-9-6-18(7-10-20)8-13-26(34)35)21-11-12-24-22(15-21)29(30)33-32-24/h6-16,19H,3-5H2,1-2H3,(H,32,33)(H,34,35). The number of carboxylic acids is 1. The van der Waals surface area contributed by atoms with Gasteiger partial charge in [-0.2, -0.15) is 9.49 Å². The van der Waals surface area contributed by atoms with Crippen LogP contribution in [0.15, 0.2) is 60.8 Å². The molecule has 2 heterocycles. The van der Waals surface area contributed by atoms with Crippen LogP contribution in [0, 0.1) is 18.8 Å². The smallest absolute Gasteiger partial charge is 0.328 e. The van der Waals surface area contributed by atoms with Gasteiger partial charge in [0.1, 0.15) is 5.75 Å². The summed E-state index contributed by atoms with van der Waals surface area (Å²) in [5.74, 6) is -0.421. The van der Waals surface area contributed by atoms with Crippen molar-refractivity contribution < 1.29 is 19.0 Å². The maximum absolute atomic E-state index is 14.5. The van der Waals surface area contributed by atoms with Gasteiger partial charge in [-0.3, -0.25) is 10.1 Å². The lowest BCUT2D eigenvalue weighted by atomic mass is 9.73. The predicted octanol–water partition coefficient (Wildman–Crippen LogP) is 6.27. The van der Waals surface area contributed by atoms with E-state index in [4.69, 9.17) is 9.84 Å². The summed E-state index contributed by atoms with van der Waals surface area (Å²) in [6.07, 6.45) is 7.75. The molecule has 6 nitrogen and oxygen atoms in total. The first-order valence-corrected chi connectivity index (χ1v) is 11.8.